The Balaban J connectivity index is 0.00000180. The summed E-state index contributed by atoms with van der Waals surface area (Å²) in [5.41, 5.74) is 0.142. The molecule has 3 nitrogen and oxygen atoms in total. The first-order chi connectivity index (χ1) is 8.50. The van der Waals surface area contributed by atoms with Crippen LogP contribution < -0.4 is 5.32 Å². The van der Waals surface area contributed by atoms with Crippen LogP contribution in [0.1, 0.15) is 16.8 Å². The third kappa shape index (κ3) is 3.43. The van der Waals surface area contributed by atoms with Crippen molar-refractivity contribution in [1.82, 2.24) is 10.2 Å². The van der Waals surface area contributed by atoms with Crippen LogP contribution in [-0.2, 0) is 0 Å². The highest BCUT2D eigenvalue weighted by molar-refractivity contribution is 9.10. The summed E-state index contributed by atoms with van der Waals surface area (Å²) in [6.45, 7) is 1.59. The lowest BCUT2D eigenvalue weighted by atomic mass is 10.1. The molecule has 0 spiro atoms. The van der Waals surface area contributed by atoms with E-state index >= 15 is 0 Å². The fraction of sp³-hybridized carbons (Fsp3) is 0.417. The highest BCUT2D eigenvalue weighted by Gasteiger charge is 2.26. The van der Waals surface area contributed by atoms with Crippen molar-refractivity contribution in [3.05, 3.63) is 33.8 Å². The average Bonchev–Trinajstić information content (AvgIpc) is 2.85. The van der Waals surface area contributed by atoms with Gasteiger partial charge >= 0.3 is 0 Å². The predicted molar refractivity (Wildman–Crippen MR) is 74.7 cm³/mol. The van der Waals surface area contributed by atoms with Crippen LogP contribution in [0.2, 0.25) is 0 Å². The van der Waals surface area contributed by atoms with Crippen molar-refractivity contribution in [2.45, 2.75) is 12.5 Å². The molecule has 0 radical (unpaired) electrons. The van der Waals surface area contributed by atoms with Crippen molar-refractivity contribution in [3.8, 4) is 0 Å². The molecule has 0 bridgehead atoms. The van der Waals surface area contributed by atoms with Gasteiger partial charge in [-0.25, -0.2) is 8.78 Å². The first-order valence-electron chi connectivity index (χ1n) is 5.63. The molecule has 19 heavy (non-hydrogen) atoms. The van der Waals surface area contributed by atoms with E-state index in [1.807, 2.05) is 0 Å². The Morgan fingerprint density at radius 1 is 1.42 bits per heavy atom. The molecule has 1 aromatic rings. The van der Waals surface area contributed by atoms with Crippen LogP contribution in [0.5, 0.6) is 0 Å². The fourth-order valence-corrected chi connectivity index (χ4v) is 2.50. The first kappa shape index (κ1) is 16.3. The highest BCUT2D eigenvalue weighted by Crippen LogP contribution is 2.23. The molecule has 7 heteroatoms. The minimum absolute atomic E-state index is 0. The Morgan fingerprint density at radius 3 is 2.63 bits per heavy atom. The Kier molecular flexibility index (Phi) is 5.70. The van der Waals surface area contributed by atoms with E-state index in [0.29, 0.717) is 0 Å². The van der Waals surface area contributed by atoms with E-state index in [1.54, 1.807) is 11.9 Å². The number of halogens is 4. The monoisotopic (exact) mass is 354 g/mol. The molecule has 1 aliphatic rings. The number of hydrogen-bond acceptors (Lipinski definition) is 2. The topological polar surface area (TPSA) is 32.3 Å². The van der Waals surface area contributed by atoms with Gasteiger partial charge in [-0.1, -0.05) is 0 Å². The fourth-order valence-electron chi connectivity index (χ4n) is 2.01. The van der Waals surface area contributed by atoms with Gasteiger partial charge in [-0.05, 0) is 41.0 Å². The number of amides is 1. The zero-order valence-electron chi connectivity index (χ0n) is 10.3. The van der Waals surface area contributed by atoms with Gasteiger partial charge in [-0.3, -0.25) is 4.79 Å². The SMILES string of the molecule is CN(C(=O)c1cc(F)c(F)cc1Br)C1CCNC1.Cl. The van der Waals surface area contributed by atoms with Gasteiger partial charge in [0.15, 0.2) is 11.6 Å². The van der Waals surface area contributed by atoms with Crippen LogP contribution in [-0.4, -0.2) is 37.0 Å². The van der Waals surface area contributed by atoms with Gasteiger partial charge < -0.3 is 10.2 Å². The molecule has 1 heterocycles. The van der Waals surface area contributed by atoms with Gasteiger partial charge in [0.1, 0.15) is 0 Å². The van der Waals surface area contributed by atoms with Crippen LogP contribution in [0.25, 0.3) is 0 Å². The standard InChI is InChI=1S/C12H13BrF2N2O.ClH/c1-17(7-2-3-16-6-7)12(18)8-4-10(14)11(15)5-9(8)13;/h4-5,7,16H,2-3,6H2,1H3;1H. The Morgan fingerprint density at radius 2 is 2.05 bits per heavy atom. The number of benzene rings is 1. The molecule has 0 aliphatic carbocycles. The number of likely N-dealkylation sites (N-methyl/N-ethyl adjacent to an activating group) is 1. The van der Waals surface area contributed by atoms with Crippen molar-refractivity contribution in [2.24, 2.45) is 0 Å². The second-order valence-electron chi connectivity index (χ2n) is 4.31. The summed E-state index contributed by atoms with van der Waals surface area (Å²) < 4.78 is 26.4. The third-order valence-corrected chi connectivity index (χ3v) is 3.80. The molecule has 106 valence electrons. The third-order valence-electron chi connectivity index (χ3n) is 3.14. The smallest absolute Gasteiger partial charge is 0.255 e. The van der Waals surface area contributed by atoms with Gasteiger partial charge in [0, 0.05) is 24.1 Å². The summed E-state index contributed by atoms with van der Waals surface area (Å²) in [5, 5.41) is 3.15. The molecule has 0 saturated carbocycles. The van der Waals surface area contributed by atoms with Crippen molar-refractivity contribution in [1.29, 1.82) is 0 Å². The lowest BCUT2D eigenvalue weighted by molar-refractivity contribution is 0.0742. The molecule has 1 atom stereocenters. The van der Waals surface area contributed by atoms with Crippen molar-refractivity contribution in [3.63, 3.8) is 0 Å². The maximum Gasteiger partial charge on any atom is 0.255 e. The van der Waals surface area contributed by atoms with Crippen LogP contribution >= 0.6 is 28.3 Å². The number of hydrogen-bond donors (Lipinski definition) is 1. The first-order valence-corrected chi connectivity index (χ1v) is 6.42. The van der Waals surface area contributed by atoms with E-state index < -0.39 is 11.6 Å². The molecular formula is C12H14BrClF2N2O. The van der Waals surface area contributed by atoms with Crippen molar-refractivity contribution < 1.29 is 13.6 Å². The summed E-state index contributed by atoms with van der Waals surface area (Å²) in [5.74, 6) is -2.29. The van der Waals surface area contributed by atoms with E-state index in [2.05, 4.69) is 21.2 Å². The Bertz CT molecular complexity index is 481. The maximum absolute atomic E-state index is 13.2. The van der Waals surface area contributed by atoms with Gasteiger partial charge in [-0.15, -0.1) is 12.4 Å². The van der Waals surface area contributed by atoms with E-state index in [0.717, 1.165) is 31.6 Å². The number of carbonyl (C=O) groups is 1. The van der Waals surface area contributed by atoms with E-state index in [4.69, 9.17) is 0 Å². The molecule has 1 aromatic carbocycles. The molecule has 1 N–H and O–H groups in total. The molecule has 1 fully saturated rings. The predicted octanol–water partition coefficient (Wildman–Crippen LogP) is 2.58. The lowest BCUT2D eigenvalue weighted by Gasteiger charge is -2.24. The van der Waals surface area contributed by atoms with Crippen LogP contribution in [0.4, 0.5) is 8.78 Å². The molecule has 1 aliphatic heterocycles. The summed E-state index contributed by atoms with van der Waals surface area (Å²) in [6.07, 6.45) is 0.865. The number of nitrogens with zero attached hydrogens (tertiary/aromatic N) is 1. The van der Waals surface area contributed by atoms with Gasteiger partial charge in [0.2, 0.25) is 0 Å². The van der Waals surface area contributed by atoms with Crippen LogP contribution in [0, 0.1) is 11.6 Å². The Labute approximate surface area is 124 Å². The maximum atomic E-state index is 13.2. The molecule has 1 unspecified atom stereocenters. The molecule has 2 rings (SSSR count). The van der Waals surface area contributed by atoms with E-state index in [-0.39, 0.29) is 34.4 Å². The Hall–Kier alpha value is -0.720. The van der Waals surface area contributed by atoms with Crippen LogP contribution in [0.15, 0.2) is 16.6 Å². The average molecular weight is 356 g/mol. The minimum Gasteiger partial charge on any atom is -0.337 e. The lowest BCUT2D eigenvalue weighted by Crippen LogP contribution is -2.38. The molecule has 0 aromatic heterocycles. The largest absolute Gasteiger partial charge is 0.337 e. The van der Waals surface area contributed by atoms with E-state index in [1.165, 1.54) is 0 Å². The summed E-state index contributed by atoms with van der Waals surface area (Å²) in [7, 11) is 1.67. The minimum atomic E-state index is -1.01. The van der Waals surface area contributed by atoms with Crippen molar-refractivity contribution in [2.75, 3.05) is 20.1 Å². The number of rotatable bonds is 2. The zero-order valence-corrected chi connectivity index (χ0v) is 12.7. The quantitative estimate of drug-likeness (QED) is 0.827. The normalized spacial score (nSPS) is 18.0. The molecule has 1 amide bonds. The van der Waals surface area contributed by atoms with Gasteiger partial charge in [-0.2, -0.15) is 0 Å². The molecule has 1 saturated heterocycles. The van der Waals surface area contributed by atoms with Crippen molar-refractivity contribution >= 4 is 34.2 Å². The van der Waals surface area contributed by atoms with Gasteiger partial charge in [0.05, 0.1) is 5.56 Å². The summed E-state index contributed by atoms with van der Waals surface area (Å²) in [6, 6.07) is 2.00. The summed E-state index contributed by atoms with van der Waals surface area (Å²) >= 11 is 3.09. The second kappa shape index (κ2) is 6.63. The molecular weight excluding hydrogens is 341 g/mol. The van der Waals surface area contributed by atoms with E-state index in [9.17, 15) is 13.6 Å². The second-order valence-corrected chi connectivity index (χ2v) is 5.16. The summed E-state index contributed by atoms with van der Waals surface area (Å²) in [4.78, 5) is 13.8. The van der Waals surface area contributed by atoms with Crippen LogP contribution in [0.3, 0.4) is 0 Å². The number of carbonyl (C=O) groups excluding carboxylic acids is 1. The number of nitrogens with one attached hydrogen (secondary N) is 1. The van der Waals surface area contributed by atoms with Gasteiger partial charge in [0.25, 0.3) is 5.91 Å². The highest BCUT2D eigenvalue weighted by atomic mass is 79.9. The zero-order chi connectivity index (χ0) is 13.3.